The van der Waals surface area contributed by atoms with Gasteiger partial charge in [-0.05, 0) is 33.9 Å². The topological polar surface area (TPSA) is 179 Å². The van der Waals surface area contributed by atoms with Crippen LogP contribution in [-0.2, 0) is 78.5 Å². The van der Waals surface area contributed by atoms with Crippen molar-refractivity contribution >= 4 is 58.2 Å². The molecule has 0 saturated carbocycles. The Morgan fingerprint density at radius 3 is 1.95 bits per heavy atom. The van der Waals surface area contributed by atoms with Crippen LogP contribution in [0.1, 0.15) is 34.1 Å². The van der Waals surface area contributed by atoms with Crippen LogP contribution in [0.3, 0.4) is 0 Å². The van der Waals surface area contributed by atoms with E-state index in [1.54, 1.807) is 24.3 Å². The first kappa shape index (κ1) is 54.4. The fourth-order valence-electron chi connectivity index (χ4n) is 8.50. The molecule has 3 aliphatic rings. The number of hydrogen-bond acceptors (Lipinski definition) is 13. The number of nitrogens with one attached hydrogen (secondary N) is 1. The van der Waals surface area contributed by atoms with Crippen molar-refractivity contribution in [1.82, 2.24) is 5.32 Å². The maximum Gasteiger partial charge on any atom is 0.407 e. The number of alkyl carbamates (subject to hydrolysis) is 1. The van der Waals surface area contributed by atoms with Crippen LogP contribution in [-0.4, -0.2) is 97.7 Å². The van der Waals surface area contributed by atoms with E-state index in [9.17, 15) is 4.79 Å². The molecule has 16 nitrogen and oxygen atoms in total. The molecule has 11 atom stereocenters. The van der Waals surface area contributed by atoms with Crippen molar-refractivity contribution in [3.63, 3.8) is 0 Å². The van der Waals surface area contributed by atoms with Gasteiger partial charge in [0.25, 0.3) is 0 Å². The molecule has 0 aromatic heterocycles. The molecule has 20 heteroatoms. The predicted octanol–water partition coefficient (Wildman–Crippen LogP) is 11.2. The van der Waals surface area contributed by atoms with Gasteiger partial charge in [-0.3, -0.25) is 0 Å². The molecule has 5 aromatic rings. The van der Waals surface area contributed by atoms with E-state index in [2.05, 4.69) is 21.9 Å². The minimum Gasteiger partial charge on any atom is -0.445 e. The summed E-state index contributed by atoms with van der Waals surface area (Å²) in [7, 11) is 0. The maximum atomic E-state index is 13.7. The van der Waals surface area contributed by atoms with Crippen LogP contribution >= 0.6 is 46.4 Å². The van der Waals surface area contributed by atoms with Gasteiger partial charge in [-0.1, -0.05) is 191 Å². The third kappa shape index (κ3) is 15.6. The van der Waals surface area contributed by atoms with Crippen molar-refractivity contribution in [2.45, 2.75) is 97.9 Å². The second-order valence-electron chi connectivity index (χ2n) is 17.1. The molecule has 3 saturated heterocycles. The van der Waals surface area contributed by atoms with Gasteiger partial charge in [-0.2, -0.15) is 0 Å². The molecular formula is C53H54Cl4N4O12. The van der Waals surface area contributed by atoms with E-state index in [-0.39, 0.29) is 57.0 Å². The Morgan fingerprint density at radius 1 is 0.726 bits per heavy atom. The lowest BCUT2D eigenvalue weighted by Gasteiger charge is -2.51. The Hall–Kier alpha value is -4.82. The molecule has 0 radical (unpaired) electrons. The molecule has 0 aliphatic carbocycles. The zero-order chi connectivity index (χ0) is 51.0. The third-order valence-electron chi connectivity index (χ3n) is 11.9. The Morgan fingerprint density at radius 2 is 1.33 bits per heavy atom. The predicted molar refractivity (Wildman–Crippen MR) is 272 cm³/mol. The number of hydrogen-bond donors (Lipinski definition) is 1. The maximum absolute atomic E-state index is 13.7. The lowest BCUT2D eigenvalue weighted by molar-refractivity contribution is -0.391. The number of fused-ring (bicyclic) bond motifs is 1. The van der Waals surface area contributed by atoms with Gasteiger partial charge in [0.15, 0.2) is 18.9 Å². The normalized spacial score (nSPS) is 25.9. The Balaban J connectivity index is 1.19. The van der Waals surface area contributed by atoms with Crippen LogP contribution in [0.4, 0.5) is 10.5 Å². The molecule has 3 aliphatic heterocycles. The molecule has 0 spiro atoms. The molecule has 3 fully saturated rings. The molecule has 1 unspecified atom stereocenters. The second-order valence-corrected chi connectivity index (χ2v) is 20.0. The lowest BCUT2D eigenvalue weighted by atomic mass is 9.94. The molecule has 73 heavy (non-hydrogen) atoms. The second kappa shape index (κ2) is 27.1. The first-order valence-electron chi connectivity index (χ1n) is 23.4. The highest BCUT2D eigenvalue weighted by Crippen LogP contribution is 2.40. The van der Waals surface area contributed by atoms with Crippen molar-refractivity contribution in [1.29, 1.82) is 0 Å². The summed E-state index contributed by atoms with van der Waals surface area (Å²) in [5.41, 5.74) is 13.4. The standard InChI is InChI=1S/C53H54Cl4N4O12/c1-2-25-64-50-43(59-52(62)69-33-53(55,56)57)46(65-28-35-17-9-4-10-18-35)44(41(70-50)31-63-27-34-15-7-3-8-16-34)73-51-48(67-29-36-19-11-5-12-20-36)47(66-30-37-23-24-40(60-61-58)39(54)26-37)45-42(71-51)32-68-49(72-45)38-21-13-6-14-22-38/h2-24,26,41-51H,1,25,27-33H2,(H,59,62)/t41-,42-,43-,44-,45-,46-,47+,48+,49?,50+,51-/m1/s1. The first-order valence-corrected chi connectivity index (χ1v) is 24.9. The molecule has 1 N–H and O–H groups in total. The number of ether oxygens (including phenoxy) is 11. The van der Waals surface area contributed by atoms with Gasteiger partial charge in [0.1, 0.15) is 55.4 Å². The van der Waals surface area contributed by atoms with Gasteiger partial charge in [-0.15, -0.1) is 6.58 Å². The summed E-state index contributed by atoms with van der Waals surface area (Å²) >= 11 is 24.6. The average Bonchev–Trinajstić information content (AvgIpc) is 3.40. The first-order chi connectivity index (χ1) is 35.5. The fourth-order valence-corrected chi connectivity index (χ4v) is 8.91. The Labute approximate surface area is 443 Å². The SMILES string of the molecule is C=CCO[C@H]1O[C@H](COCc2ccccc2)[C@@H](O[C@H]2O[C@@H]3COC(c4ccccc4)O[C@H]3[C@H](OCc3ccc(N=[N+]=[N-])c(Cl)c3)[C@@H]2OCc2ccccc2)[C@H](OCc2ccccc2)[C@H]1NC(=O)OCC(Cl)(Cl)Cl. The number of nitrogens with zero attached hydrogens (tertiary/aromatic N) is 3. The monoisotopic (exact) mass is 1080 g/mol. The highest BCUT2D eigenvalue weighted by Gasteiger charge is 2.56. The van der Waals surface area contributed by atoms with Crippen LogP contribution in [0.25, 0.3) is 10.4 Å². The molecule has 0 bridgehead atoms. The number of azide groups is 1. The third-order valence-corrected chi connectivity index (χ3v) is 12.5. The minimum absolute atomic E-state index is 0.0121. The van der Waals surface area contributed by atoms with Crippen molar-refractivity contribution < 1.29 is 56.9 Å². The summed E-state index contributed by atoms with van der Waals surface area (Å²) in [5, 5.41) is 6.78. The van der Waals surface area contributed by atoms with Crippen molar-refractivity contribution in [2.24, 2.45) is 5.11 Å². The number of carbonyl (C=O) groups excluding carboxylic acids is 1. The molecule has 386 valence electrons. The summed E-state index contributed by atoms with van der Waals surface area (Å²) in [4.78, 5) is 16.6. The van der Waals surface area contributed by atoms with E-state index in [1.807, 2.05) is 121 Å². The van der Waals surface area contributed by atoms with Gasteiger partial charge >= 0.3 is 6.09 Å². The summed E-state index contributed by atoms with van der Waals surface area (Å²) in [5.74, 6) is 0. The van der Waals surface area contributed by atoms with Gasteiger partial charge in [0.05, 0.1) is 57.0 Å². The smallest absolute Gasteiger partial charge is 0.407 e. The lowest BCUT2D eigenvalue weighted by Crippen LogP contribution is -2.69. The van der Waals surface area contributed by atoms with Crippen LogP contribution in [0.5, 0.6) is 0 Å². The van der Waals surface area contributed by atoms with E-state index < -0.39 is 84.1 Å². The number of rotatable bonds is 22. The van der Waals surface area contributed by atoms with E-state index in [4.69, 9.17) is 104 Å². The van der Waals surface area contributed by atoms with Crippen molar-refractivity contribution in [2.75, 3.05) is 26.4 Å². The summed E-state index contributed by atoms with van der Waals surface area (Å²) in [6.07, 6.45) is -9.32. The van der Waals surface area contributed by atoms with Crippen LogP contribution < -0.4 is 5.32 Å². The Kier molecular flexibility index (Phi) is 20.2. The number of alkyl halides is 3. The minimum atomic E-state index is -1.91. The number of benzene rings is 5. The average molecular weight is 1080 g/mol. The Bertz CT molecular complexity index is 2550. The van der Waals surface area contributed by atoms with Gasteiger partial charge in [0.2, 0.25) is 3.79 Å². The molecule has 1 amide bonds. The van der Waals surface area contributed by atoms with E-state index in [0.29, 0.717) is 5.56 Å². The fraction of sp³-hybridized carbons (Fsp3) is 0.377. The highest BCUT2D eigenvalue weighted by molar-refractivity contribution is 6.67. The van der Waals surface area contributed by atoms with Crippen molar-refractivity contribution in [3.05, 3.63) is 195 Å². The number of halogens is 4. The van der Waals surface area contributed by atoms with Crippen molar-refractivity contribution in [3.8, 4) is 0 Å². The zero-order valence-corrected chi connectivity index (χ0v) is 42.3. The van der Waals surface area contributed by atoms with Gasteiger partial charge < -0.3 is 57.4 Å². The number of carbonyl (C=O) groups is 1. The van der Waals surface area contributed by atoms with Gasteiger partial charge in [0, 0.05) is 10.5 Å². The summed E-state index contributed by atoms with van der Waals surface area (Å²) < 4.78 is 70.8. The summed E-state index contributed by atoms with van der Waals surface area (Å²) in [6.45, 7) is 3.70. The quantitative estimate of drug-likeness (QED) is 0.0228. The number of amides is 1. The van der Waals surface area contributed by atoms with E-state index in [1.165, 1.54) is 0 Å². The van der Waals surface area contributed by atoms with E-state index in [0.717, 1.165) is 22.3 Å². The molecule has 3 heterocycles. The zero-order valence-electron chi connectivity index (χ0n) is 39.3. The molecule has 5 aromatic carbocycles. The van der Waals surface area contributed by atoms with Crippen LogP contribution in [0.2, 0.25) is 5.02 Å². The molecular weight excluding hydrogens is 1030 g/mol. The van der Waals surface area contributed by atoms with Gasteiger partial charge in [-0.25, -0.2) is 4.79 Å². The van der Waals surface area contributed by atoms with Crippen LogP contribution in [0, 0.1) is 0 Å². The molecule has 8 rings (SSSR count). The van der Waals surface area contributed by atoms with Crippen LogP contribution in [0.15, 0.2) is 157 Å². The largest absolute Gasteiger partial charge is 0.445 e. The highest BCUT2D eigenvalue weighted by atomic mass is 35.6. The summed E-state index contributed by atoms with van der Waals surface area (Å²) in [6, 6.07) is 42.2. The van der Waals surface area contributed by atoms with E-state index >= 15 is 0 Å².